The van der Waals surface area contributed by atoms with Crippen LogP contribution in [0, 0.1) is 0 Å². The van der Waals surface area contributed by atoms with Crippen LogP contribution < -0.4 is 4.74 Å². The zero-order chi connectivity index (χ0) is 12.4. The van der Waals surface area contributed by atoms with Crippen molar-refractivity contribution in [2.75, 3.05) is 7.11 Å². The number of methoxy groups -OCH3 is 1. The van der Waals surface area contributed by atoms with Gasteiger partial charge in [0.1, 0.15) is 5.75 Å². The van der Waals surface area contributed by atoms with E-state index in [1.807, 2.05) is 6.07 Å². The van der Waals surface area contributed by atoms with Gasteiger partial charge in [0.05, 0.1) is 34.1 Å². The first-order valence-corrected chi connectivity index (χ1v) is 5.91. The minimum absolute atomic E-state index is 0.439. The second-order valence-corrected chi connectivity index (χ2v) is 4.50. The van der Waals surface area contributed by atoms with Crippen LogP contribution in [0.3, 0.4) is 0 Å². The quantitative estimate of drug-likeness (QED) is 0.798. The van der Waals surface area contributed by atoms with Gasteiger partial charge in [-0.15, -0.1) is 0 Å². The molecule has 0 spiro atoms. The van der Waals surface area contributed by atoms with E-state index < -0.39 is 0 Å². The van der Waals surface area contributed by atoms with Crippen molar-refractivity contribution in [3.63, 3.8) is 0 Å². The number of aromatic nitrogens is 1. The molecule has 0 radical (unpaired) electrons. The van der Waals surface area contributed by atoms with Crippen molar-refractivity contribution in [1.29, 1.82) is 0 Å². The lowest BCUT2D eigenvalue weighted by atomic mass is 10.1. The molecule has 2 aromatic rings. The first kappa shape index (κ1) is 12.5. The van der Waals surface area contributed by atoms with Crippen molar-refractivity contribution < 1.29 is 4.74 Å². The summed E-state index contributed by atoms with van der Waals surface area (Å²) in [6.45, 7) is 0. The predicted molar refractivity (Wildman–Crippen MR) is 71.3 cm³/mol. The molecule has 0 bridgehead atoms. The molecule has 0 aliphatic carbocycles. The zero-order valence-corrected chi connectivity index (χ0v) is 11.1. The fourth-order valence-electron chi connectivity index (χ4n) is 1.42. The number of pyridine rings is 1. The Kier molecular flexibility index (Phi) is 3.77. The Bertz CT molecular complexity index is 557. The van der Waals surface area contributed by atoms with E-state index in [0.29, 0.717) is 32.1 Å². The highest BCUT2D eigenvalue weighted by atomic mass is 35.5. The zero-order valence-electron chi connectivity index (χ0n) is 8.88. The van der Waals surface area contributed by atoms with Crippen molar-refractivity contribution >= 4 is 34.8 Å². The molecule has 0 aliphatic heterocycles. The van der Waals surface area contributed by atoms with Crippen LogP contribution in [0.4, 0.5) is 0 Å². The van der Waals surface area contributed by atoms with Gasteiger partial charge >= 0.3 is 0 Å². The molecule has 1 aromatic carbocycles. The number of halogens is 3. The van der Waals surface area contributed by atoms with E-state index in [2.05, 4.69) is 4.98 Å². The number of rotatable bonds is 2. The summed E-state index contributed by atoms with van der Waals surface area (Å²) < 4.78 is 5.03. The van der Waals surface area contributed by atoms with E-state index in [1.54, 1.807) is 31.5 Å². The summed E-state index contributed by atoms with van der Waals surface area (Å²) in [4.78, 5) is 4.22. The lowest BCUT2D eigenvalue weighted by Crippen LogP contribution is -1.89. The Morgan fingerprint density at radius 3 is 2.53 bits per heavy atom. The van der Waals surface area contributed by atoms with Crippen LogP contribution in [-0.2, 0) is 0 Å². The second kappa shape index (κ2) is 5.13. The number of benzene rings is 1. The van der Waals surface area contributed by atoms with Gasteiger partial charge in [-0.1, -0.05) is 46.9 Å². The molecule has 0 amide bonds. The highest BCUT2D eigenvalue weighted by molar-refractivity contribution is 6.44. The highest BCUT2D eigenvalue weighted by Gasteiger charge is 2.12. The van der Waals surface area contributed by atoms with Crippen LogP contribution in [-0.4, -0.2) is 12.1 Å². The molecule has 2 rings (SSSR count). The molecular weight excluding hydrogens is 280 g/mol. The highest BCUT2D eigenvalue weighted by Crippen LogP contribution is 2.36. The lowest BCUT2D eigenvalue weighted by molar-refractivity contribution is 0.413. The molecule has 88 valence electrons. The van der Waals surface area contributed by atoms with Crippen LogP contribution >= 0.6 is 34.8 Å². The predicted octanol–water partition coefficient (Wildman–Crippen LogP) is 4.72. The average molecular weight is 289 g/mol. The van der Waals surface area contributed by atoms with E-state index in [0.717, 1.165) is 0 Å². The second-order valence-electron chi connectivity index (χ2n) is 3.31. The number of hydrogen-bond acceptors (Lipinski definition) is 2. The number of ether oxygens (including phenoxy) is 1. The molecule has 0 N–H and O–H groups in total. The first-order valence-electron chi connectivity index (χ1n) is 4.77. The smallest absolute Gasteiger partial charge is 0.138 e. The van der Waals surface area contributed by atoms with Crippen LogP contribution in [0.2, 0.25) is 15.1 Å². The van der Waals surface area contributed by atoms with E-state index in [9.17, 15) is 0 Å². The molecule has 0 unspecified atom stereocenters. The van der Waals surface area contributed by atoms with Gasteiger partial charge in [-0.3, -0.25) is 4.98 Å². The topological polar surface area (TPSA) is 22.1 Å². The van der Waals surface area contributed by atoms with Crippen molar-refractivity contribution in [2.45, 2.75) is 0 Å². The maximum atomic E-state index is 6.12. The summed E-state index contributed by atoms with van der Waals surface area (Å²) in [6.07, 6.45) is 1.58. The van der Waals surface area contributed by atoms with E-state index in [1.165, 1.54) is 0 Å². The molecule has 17 heavy (non-hydrogen) atoms. The minimum Gasteiger partial charge on any atom is -0.495 e. The normalized spacial score (nSPS) is 10.4. The monoisotopic (exact) mass is 287 g/mol. The molecule has 1 aromatic heterocycles. The fourth-order valence-corrected chi connectivity index (χ4v) is 2.07. The summed E-state index contributed by atoms with van der Waals surface area (Å²) in [7, 11) is 1.55. The van der Waals surface area contributed by atoms with Gasteiger partial charge in [-0.2, -0.15) is 0 Å². The van der Waals surface area contributed by atoms with Crippen LogP contribution in [0.25, 0.3) is 11.3 Å². The summed E-state index contributed by atoms with van der Waals surface area (Å²) in [5.41, 5.74) is 1.28. The Morgan fingerprint density at radius 2 is 1.88 bits per heavy atom. The van der Waals surface area contributed by atoms with Crippen molar-refractivity contribution in [2.24, 2.45) is 0 Å². The molecule has 0 fully saturated rings. The molecule has 0 saturated heterocycles. The summed E-state index contributed by atoms with van der Waals surface area (Å²) in [5.74, 6) is 0.594. The molecular formula is C12H8Cl3NO. The Balaban J connectivity index is 2.57. The van der Waals surface area contributed by atoms with Gasteiger partial charge in [-0.05, 0) is 6.07 Å². The van der Waals surface area contributed by atoms with E-state index in [-0.39, 0.29) is 0 Å². The lowest BCUT2D eigenvalue weighted by Gasteiger charge is -2.08. The molecule has 5 heteroatoms. The van der Waals surface area contributed by atoms with Gasteiger partial charge in [0.15, 0.2) is 0 Å². The third-order valence-electron chi connectivity index (χ3n) is 2.26. The van der Waals surface area contributed by atoms with Gasteiger partial charge in [0, 0.05) is 11.6 Å². The summed E-state index contributed by atoms with van der Waals surface area (Å²) in [5, 5.41) is 1.38. The molecule has 0 aliphatic rings. The Hall–Kier alpha value is -0.960. The third-order valence-corrected chi connectivity index (χ3v) is 3.37. The largest absolute Gasteiger partial charge is 0.495 e. The molecule has 0 saturated carbocycles. The van der Waals surface area contributed by atoms with E-state index in [4.69, 9.17) is 39.5 Å². The number of hydrogen-bond donors (Lipinski definition) is 0. The molecule has 2 nitrogen and oxygen atoms in total. The fraction of sp³-hybridized carbons (Fsp3) is 0.0833. The minimum atomic E-state index is 0.439. The van der Waals surface area contributed by atoms with Gasteiger partial charge < -0.3 is 4.74 Å². The van der Waals surface area contributed by atoms with Crippen molar-refractivity contribution in [3.8, 4) is 17.0 Å². The standard InChI is InChI=1S/C12H8Cl3NO/c1-17-7-5-10(14)12(16-6-7)8-3-2-4-9(13)11(8)15/h2-6H,1H3. The van der Waals surface area contributed by atoms with Gasteiger partial charge in [0.2, 0.25) is 0 Å². The van der Waals surface area contributed by atoms with Crippen molar-refractivity contribution in [3.05, 3.63) is 45.5 Å². The maximum Gasteiger partial charge on any atom is 0.138 e. The molecule has 1 heterocycles. The van der Waals surface area contributed by atoms with Gasteiger partial charge in [-0.25, -0.2) is 0 Å². The third kappa shape index (κ3) is 2.49. The van der Waals surface area contributed by atoms with E-state index >= 15 is 0 Å². The maximum absolute atomic E-state index is 6.12. The summed E-state index contributed by atoms with van der Waals surface area (Å²) >= 11 is 18.2. The SMILES string of the molecule is COc1cnc(-c2cccc(Cl)c2Cl)c(Cl)c1. The van der Waals surface area contributed by atoms with Crippen LogP contribution in [0.5, 0.6) is 5.75 Å². The summed E-state index contributed by atoms with van der Waals surface area (Å²) in [6, 6.07) is 7.01. The average Bonchev–Trinajstić information content (AvgIpc) is 2.33. The molecule has 0 atom stereocenters. The van der Waals surface area contributed by atoms with Crippen molar-refractivity contribution in [1.82, 2.24) is 4.98 Å². The Morgan fingerprint density at radius 1 is 1.12 bits per heavy atom. The van der Waals surface area contributed by atoms with Crippen LogP contribution in [0.1, 0.15) is 0 Å². The number of nitrogens with zero attached hydrogens (tertiary/aromatic N) is 1. The first-order chi connectivity index (χ1) is 8.13. The van der Waals surface area contributed by atoms with Gasteiger partial charge in [0.25, 0.3) is 0 Å². The Labute approximate surface area is 114 Å². The van der Waals surface area contributed by atoms with Crippen LogP contribution in [0.15, 0.2) is 30.5 Å².